The van der Waals surface area contributed by atoms with Crippen molar-refractivity contribution in [3.05, 3.63) is 69.4 Å². The third-order valence-electron chi connectivity index (χ3n) is 5.03. The Labute approximate surface area is 157 Å². The number of carbonyl (C=O) groups is 1. The van der Waals surface area contributed by atoms with Gasteiger partial charge in [0.05, 0.1) is 16.9 Å². The first-order chi connectivity index (χ1) is 12.7. The summed E-state index contributed by atoms with van der Waals surface area (Å²) in [5, 5.41) is 7.71. The van der Waals surface area contributed by atoms with Crippen molar-refractivity contribution in [2.24, 2.45) is 0 Å². The highest BCUT2D eigenvalue weighted by Crippen LogP contribution is 2.29. The largest absolute Gasteiger partial charge is 0.338 e. The molecule has 0 unspecified atom stereocenters. The number of likely N-dealkylation sites (tertiary alicyclic amines) is 1. The van der Waals surface area contributed by atoms with Gasteiger partial charge in [-0.3, -0.25) is 9.89 Å². The smallest absolute Gasteiger partial charge is 0.265 e. The fourth-order valence-corrected chi connectivity index (χ4v) is 4.29. The molecule has 0 atom stereocenters. The Hall–Kier alpha value is -2.47. The van der Waals surface area contributed by atoms with Gasteiger partial charge < -0.3 is 4.90 Å². The molecule has 0 aliphatic carbocycles. The molecule has 5 nitrogen and oxygen atoms in total. The Bertz CT molecular complexity index is 878. The molecule has 3 aromatic rings. The summed E-state index contributed by atoms with van der Waals surface area (Å²) in [6, 6.07) is 12.6. The zero-order valence-electron chi connectivity index (χ0n) is 14.8. The lowest BCUT2D eigenvalue weighted by Crippen LogP contribution is -2.37. The van der Waals surface area contributed by atoms with Crippen molar-refractivity contribution >= 4 is 17.2 Å². The number of aromatic nitrogens is 3. The second-order valence-corrected chi connectivity index (χ2v) is 7.67. The second kappa shape index (κ2) is 7.41. The molecule has 0 radical (unpaired) electrons. The fraction of sp³-hybridized carbons (Fsp3) is 0.350. The van der Waals surface area contributed by atoms with Crippen molar-refractivity contribution < 1.29 is 4.79 Å². The molecule has 1 amide bonds. The summed E-state index contributed by atoms with van der Waals surface area (Å²) in [4.78, 5) is 19.5. The minimum Gasteiger partial charge on any atom is -0.338 e. The van der Waals surface area contributed by atoms with Crippen LogP contribution in [0.2, 0.25) is 0 Å². The average Bonchev–Trinajstić information content (AvgIpc) is 3.31. The maximum absolute atomic E-state index is 12.6. The number of benzene rings is 1. The van der Waals surface area contributed by atoms with Gasteiger partial charge >= 0.3 is 0 Å². The lowest BCUT2D eigenvalue weighted by Gasteiger charge is -2.31. The summed E-state index contributed by atoms with van der Waals surface area (Å²) in [6.07, 6.45) is 2.79. The Morgan fingerprint density at radius 1 is 1.27 bits per heavy atom. The van der Waals surface area contributed by atoms with E-state index in [4.69, 9.17) is 0 Å². The third-order valence-corrected chi connectivity index (χ3v) is 5.94. The highest BCUT2D eigenvalue weighted by atomic mass is 32.1. The minimum atomic E-state index is 0.121. The number of H-pyrrole nitrogens is 1. The lowest BCUT2D eigenvalue weighted by atomic mass is 9.93. The van der Waals surface area contributed by atoms with Gasteiger partial charge in [-0.05, 0) is 31.4 Å². The van der Waals surface area contributed by atoms with E-state index < -0.39 is 0 Å². The van der Waals surface area contributed by atoms with Gasteiger partial charge in [0, 0.05) is 31.1 Å². The maximum Gasteiger partial charge on any atom is 0.265 e. The number of piperidine rings is 1. The molecular formula is C20H22N4OS. The van der Waals surface area contributed by atoms with Gasteiger partial charge in [-0.25, -0.2) is 4.98 Å². The SMILES string of the molecule is Cc1ncsc1C(=O)N1CCC(c2cc(Cc3ccccc3)[nH]n2)CC1. The number of rotatable bonds is 4. The second-order valence-electron chi connectivity index (χ2n) is 6.81. The summed E-state index contributed by atoms with van der Waals surface area (Å²) in [5.41, 5.74) is 6.12. The van der Waals surface area contributed by atoms with Crippen molar-refractivity contribution in [2.45, 2.75) is 32.1 Å². The van der Waals surface area contributed by atoms with Crippen molar-refractivity contribution in [2.75, 3.05) is 13.1 Å². The molecule has 134 valence electrons. The number of amides is 1. The molecule has 1 aliphatic heterocycles. The van der Waals surface area contributed by atoms with Crippen molar-refractivity contribution in [1.82, 2.24) is 20.1 Å². The Morgan fingerprint density at radius 2 is 2.04 bits per heavy atom. The number of aromatic amines is 1. The molecule has 3 heterocycles. The quantitative estimate of drug-likeness (QED) is 0.764. The summed E-state index contributed by atoms with van der Waals surface area (Å²) in [6.45, 7) is 3.46. The van der Waals surface area contributed by atoms with E-state index in [9.17, 15) is 4.79 Å². The van der Waals surface area contributed by atoms with Crippen molar-refractivity contribution in [1.29, 1.82) is 0 Å². The van der Waals surface area contributed by atoms with Crippen LogP contribution in [0.25, 0.3) is 0 Å². The van der Waals surface area contributed by atoms with Gasteiger partial charge in [0.15, 0.2) is 0 Å². The highest BCUT2D eigenvalue weighted by molar-refractivity contribution is 7.11. The molecular weight excluding hydrogens is 344 g/mol. The average molecular weight is 366 g/mol. The topological polar surface area (TPSA) is 61.9 Å². The van der Waals surface area contributed by atoms with Gasteiger partial charge in [0.25, 0.3) is 5.91 Å². The Balaban J connectivity index is 1.36. The van der Waals surface area contributed by atoms with Crippen LogP contribution in [0.15, 0.2) is 41.9 Å². The molecule has 1 aliphatic rings. The summed E-state index contributed by atoms with van der Waals surface area (Å²) in [5.74, 6) is 0.539. The number of nitrogens with one attached hydrogen (secondary N) is 1. The molecule has 1 saturated heterocycles. The van der Waals surface area contributed by atoms with Gasteiger partial charge in [-0.15, -0.1) is 11.3 Å². The van der Waals surface area contributed by atoms with E-state index in [2.05, 4.69) is 45.5 Å². The van der Waals surface area contributed by atoms with Crippen molar-refractivity contribution in [3.8, 4) is 0 Å². The van der Waals surface area contributed by atoms with Gasteiger partial charge in [-0.2, -0.15) is 5.10 Å². The van der Waals surface area contributed by atoms with Crippen LogP contribution in [0.1, 0.15) is 51.1 Å². The number of carbonyl (C=O) groups excluding carboxylic acids is 1. The van der Waals surface area contributed by atoms with E-state index >= 15 is 0 Å². The predicted molar refractivity (Wildman–Crippen MR) is 103 cm³/mol. The zero-order chi connectivity index (χ0) is 17.9. The van der Waals surface area contributed by atoms with Crippen LogP contribution < -0.4 is 0 Å². The first-order valence-electron chi connectivity index (χ1n) is 8.98. The van der Waals surface area contributed by atoms with Gasteiger partial charge in [-0.1, -0.05) is 30.3 Å². The van der Waals surface area contributed by atoms with Gasteiger partial charge in [0.1, 0.15) is 4.88 Å². The molecule has 1 aromatic carbocycles. The molecule has 2 aromatic heterocycles. The molecule has 26 heavy (non-hydrogen) atoms. The number of aryl methyl sites for hydroxylation is 1. The molecule has 6 heteroatoms. The molecule has 0 spiro atoms. The normalized spacial score (nSPS) is 15.3. The van der Waals surface area contributed by atoms with Crippen LogP contribution in [-0.4, -0.2) is 39.1 Å². The summed E-state index contributed by atoms with van der Waals surface area (Å²) >= 11 is 1.43. The molecule has 1 fully saturated rings. The molecule has 0 saturated carbocycles. The fourth-order valence-electron chi connectivity index (χ4n) is 3.52. The Kier molecular flexibility index (Phi) is 4.84. The lowest BCUT2D eigenvalue weighted by molar-refractivity contribution is 0.0716. The standard InChI is InChI=1S/C20H22N4OS/c1-14-19(26-13-21-14)20(25)24-9-7-16(8-10-24)18-12-17(22-23-18)11-15-5-3-2-4-6-15/h2-6,12-13,16H,7-11H2,1H3,(H,22,23). The van der Waals surface area contributed by atoms with E-state index in [1.54, 1.807) is 5.51 Å². The third kappa shape index (κ3) is 3.55. The van der Waals surface area contributed by atoms with E-state index in [1.807, 2.05) is 17.9 Å². The van der Waals surface area contributed by atoms with Crippen LogP contribution in [0.3, 0.4) is 0 Å². The first-order valence-corrected chi connectivity index (χ1v) is 9.86. The molecule has 4 rings (SSSR count). The van der Waals surface area contributed by atoms with E-state index in [1.165, 1.54) is 16.9 Å². The molecule has 1 N–H and O–H groups in total. The van der Waals surface area contributed by atoms with Crippen LogP contribution in [0.5, 0.6) is 0 Å². The van der Waals surface area contributed by atoms with Crippen LogP contribution in [-0.2, 0) is 6.42 Å². The number of nitrogens with zero attached hydrogens (tertiary/aromatic N) is 3. The minimum absolute atomic E-state index is 0.121. The Morgan fingerprint density at radius 3 is 2.73 bits per heavy atom. The van der Waals surface area contributed by atoms with Crippen LogP contribution in [0, 0.1) is 6.92 Å². The van der Waals surface area contributed by atoms with E-state index in [0.29, 0.717) is 5.92 Å². The monoisotopic (exact) mass is 366 g/mol. The summed E-state index contributed by atoms with van der Waals surface area (Å²) in [7, 11) is 0. The first kappa shape index (κ1) is 17.0. The number of hydrogen-bond donors (Lipinski definition) is 1. The predicted octanol–water partition coefficient (Wildman–Crippen LogP) is 3.79. The van der Waals surface area contributed by atoms with E-state index in [-0.39, 0.29) is 5.91 Å². The zero-order valence-corrected chi connectivity index (χ0v) is 15.6. The highest BCUT2D eigenvalue weighted by Gasteiger charge is 2.27. The van der Waals surface area contributed by atoms with E-state index in [0.717, 1.165) is 54.3 Å². The van der Waals surface area contributed by atoms with Crippen LogP contribution >= 0.6 is 11.3 Å². The number of hydrogen-bond acceptors (Lipinski definition) is 4. The molecule has 0 bridgehead atoms. The number of thiazole rings is 1. The van der Waals surface area contributed by atoms with Gasteiger partial charge in [0.2, 0.25) is 0 Å². The van der Waals surface area contributed by atoms with Crippen molar-refractivity contribution in [3.63, 3.8) is 0 Å². The maximum atomic E-state index is 12.6. The summed E-state index contributed by atoms with van der Waals surface area (Å²) < 4.78 is 0. The van der Waals surface area contributed by atoms with Crippen LogP contribution in [0.4, 0.5) is 0 Å².